The maximum atomic E-state index is 12.8. The molecule has 0 bridgehead atoms. The second kappa shape index (κ2) is 29.6. The van der Waals surface area contributed by atoms with Crippen molar-refractivity contribution in [2.24, 2.45) is 21.8 Å². The Morgan fingerprint density at radius 3 is 1.55 bits per heavy atom. The molecule has 6 aromatic rings. The Balaban J connectivity index is 0.000000206. The summed E-state index contributed by atoms with van der Waals surface area (Å²) in [5.41, 5.74) is 5.23. The minimum Gasteiger partial charge on any atom is -0.460 e. The first-order valence-corrected chi connectivity index (χ1v) is 29.4. The third-order valence-electron chi connectivity index (χ3n) is 15.2. The zero-order chi connectivity index (χ0) is 60.7. The molecule has 0 saturated carbocycles. The Kier molecular flexibility index (Phi) is 22.0. The lowest BCUT2D eigenvalue weighted by Crippen LogP contribution is -2.41. The van der Waals surface area contributed by atoms with Crippen molar-refractivity contribution in [3.63, 3.8) is 0 Å². The molecule has 27 heteroatoms. The number of ether oxygens (including phenoxy) is 2. The topological polar surface area (TPSA) is 294 Å². The number of nitrogens with one attached hydrogen (secondary N) is 3. The maximum absolute atomic E-state index is 12.8. The fourth-order valence-electron chi connectivity index (χ4n) is 10.2. The van der Waals surface area contributed by atoms with Gasteiger partial charge in [0.05, 0.1) is 36.6 Å². The van der Waals surface area contributed by atoms with Gasteiger partial charge in [0.25, 0.3) is 11.8 Å². The second-order valence-corrected chi connectivity index (χ2v) is 22.7. The molecule has 3 amide bonds. The quantitative estimate of drug-likeness (QED) is 0.0486. The van der Waals surface area contributed by atoms with Gasteiger partial charge in [0, 0.05) is 70.0 Å². The summed E-state index contributed by atoms with van der Waals surface area (Å²) >= 11 is 4.71. The number of rotatable bonds is 16. The minimum atomic E-state index is -0.509. The van der Waals surface area contributed by atoms with Crippen LogP contribution < -0.4 is 36.4 Å². The van der Waals surface area contributed by atoms with Gasteiger partial charge in [-0.1, -0.05) is 53.0 Å². The van der Waals surface area contributed by atoms with E-state index < -0.39 is 11.2 Å². The molecule has 4 saturated heterocycles. The molecule has 0 aliphatic carbocycles. The smallest absolute Gasteiger partial charge is 0.322 e. The van der Waals surface area contributed by atoms with Gasteiger partial charge in [-0.3, -0.25) is 19.2 Å². The van der Waals surface area contributed by atoms with E-state index in [0.717, 1.165) is 109 Å². The number of amides is 3. The number of anilines is 2. The van der Waals surface area contributed by atoms with Crippen LogP contribution in [0.3, 0.4) is 0 Å². The Hall–Kier alpha value is -8.07. The lowest BCUT2D eigenvalue weighted by atomic mass is 9.97. The van der Waals surface area contributed by atoms with E-state index in [4.69, 9.17) is 31.0 Å². The Morgan fingerprint density at radius 2 is 1.14 bits per heavy atom. The van der Waals surface area contributed by atoms with E-state index >= 15 is 0 Å². The molecular formula is C58H79ClN18O8. The van der Waals surface area contributed by atoms with E-state index in [1.54, 1.807) is 38.3 Å². The van der Waals surface area contributed by atoms with E-state index in [2.05, 4.69) is 111 Å². The fourth-order valence-corrected chi connectivity index (χ4v) is 10.2. The molecule has 2 unspecified atom stereocenters. The van der Waals surface area contributed by atoms with Gasteiger partial charge < -0.3 is 50.5 Å². The number of halogens is 1. The summed E-state index contributed by atoms with van der Waals surface area (Å²) in [4.78, 5) is 79.9. The van der Waals surface area contributed by atoms with Gasteiger partial charge in [0.15, 0.2) is 22.3 Å². The Morgan fingerprint density at radius 1 is 0.682 bits per heavy atom. The van der Waals surface area contributed by atoms with Crippen molar-refractivity contribution in [2.75, 3.05) is 77.1 Å². The zero-order valence-electron chi connectivity index (χ0n) is 49.3. The van der Waals surface area contributed by atoms with Gasteiger partial charge in [-0.2, -0.15) is 58.6 Å². The number of hydrogen-bond acceptors (Lipinski definition) is 19. The van der Waals surface area contributed by atoms with Crippen LogP contribution in [-0.4, -0.2) is 175 Å². The first-order chi connectivity index (χ1) is 40.8. The summed E-state index contributed by atoms with van der Waals surface area (Å²) in [6, 6.07) is 7.46. The van der Waals surface area contributed by atoms with Crippen molar-refractivity contribution in [2.45, 2.75) is 116 Å². The third kappa shape index (κ3) is 17.1. The van der Waals surface area contributed by atoms with Crippen molar-refractivity contribution in [3.05, 3.63) is 108 Å². The van der Waals surface area contributed by atoms with Crippen molar-refractivity contribution < 1.29 is 39.1 Å². The van der Waals surface area contributed by atoms with Crippen LogP contribution in [0.15, 0.2) is 84.3 Å². The summed E-state index contributed by atoms with van der Waals surface area (Å²) in [5.74, 6) is 0.0780. The number of aromatic nitrogens is 10. The van der Waals surface area contributed by atoms with Crippen LogP contribution in [0.5, 0.6) is 12.0 Å². The summed E-state index contributed by atoms with van der Waals surface area (Å²) < 4.78 is 17.5. The molecule has 5 N–H and O–H groups in total. The highest BCUT2D eigenvalue weighted by molar-refractivity contribution is 6.66. The SMILES string of the molecule is C=CC(=O)Cl.C=CC(=O)N1CCCC(C(=O)N=c2ccc(CNc3nc(OC4CCN(C)CC4)nc4c(C(C)C)cnn34)cn2O)C1.CC(C)c1cnn2c(NCc3ccc(=NC(=O)C4CCCNC4)n(O)c3)nc(OC3CCN(C)CC3)nc12. The molecule has 4 aliphatic rings. The van der Waals surface area contributed by atoms with Gasteiger partial charge in [0.2, 0.25) is 23.0 Å². The number of allylic oxidation sites excluding steroid dienone is 1. The predicted octanol–water partition coefficient (Wildman–Crippen LogP) is 4.96. The van der Waals surface area contributed by atoms with Gasteiger partial charge in [-0.15, -0.1) is 0 Å². The first kappa shape index (κ1) is 63.0. The van der Waals surface area contributed by atoms with E-state index in [0.29, 0.717) is 80.8 Å². The number of hydrogen-bond donors (Lipinski definition) is 5. The summed E-state index contributed by atoms with van der Waals surface area (Å²) in [6.45, 7) is 22.0. The third-order valence-corrected chi connectivity index (χ3v) is 15.4. The van der Waals surface area contributed by atoms with Gasteiger partial charge in [0.1, 0.15) is 12.2 Å². The first-order valence-electron chi connectivity index (χ1n) is 29.0. The van der Waals surface area contributed by atoms with Crippen molar-refractivity contribution >= 4 is 57.8 Å². The predicted molar refractivity (Wildman–Crippen MR) is 317 cm³/mol. The Bertz CT molecular complexity index is 3460. The Labute approximate surface area is 498 Å². The van der Waals surface area contributed by atoms with E-state index in [1.807, 2.05) is 12.3 Å². The number of likely N-dealkylation sites (tertiary alicyclic amines) is 3. The molecule has 0 aromatic carbocycles. The summed E-state index contributed by atoms with van der Waals surface area (Å²) in [7, 11) is 4.22. The van der Waals surface area contributed by atoms with E-state index in [1.165, 1.54) is 18.5 Å². The van der Waals surface area contributed by atoms with Crippen LogP contribution in [0, 0.1) is 11.8 Å². The van der Waals surface area contributed by atoms with Gasteiger partial charge >= 0.3 is 12.0 Å². The molecule has 26 nitrogen and oxygen atoms in total. The fraction of sp³-hybridized carbons (Fsp3) is 0.517. The number of nitrogens with zero attached hydrogens (tertiary/aromatic N) is 15. The van der Waals surface area contributed by atoms with Crippen molar-refractivity contribution in [1.29, 1.82) is 0 Å². The summed E-state index contributed by atoms with van der Waals surface area (Å²) in [5, 5.41) is 39.4. The molecule has 4 aliphatic heterocycles. The van der Waals surface area contributed by atoms with Gasteiger partial charge in [-0.25, -0.2) is 0 Å². The number of piperidine rings is 4. The molecule has 4 fully saturated rings. The molecule has 0 spiro atoms. The molecule has 6 aromatic heterocycles. The van der Waals surface area contributed by atoms with E-state index in [-0.39, 0.29) is 58.7 Å². The molecule has 456 valence electrons. The lowest BCUT2D eigenvalue weighted by molar-refractivity contribution is -0.131. The average molecular weight is 1190 g/mol. The largest absolute Gasteiger partial charge is 0.460 e. The van der Waals surface area contributed by atoms with Crippen LogP contribution in [-0.2, 0) is 32.3 Å². The lowest BCUT2D eigenvalue weighted by Gasteiger charge is -2.30. The summed E-state index contributed by atoms with van der Waals surface area (Å²) in [6.07, 6.45) is 15.8. The van der Waals surface area contributed by atoms with Crippen molar-refractivity contribution in [1.82, 2.24) is 68.6 Å². The zero-order valence-corrected chi connectivity index (χ0v) is 50.1. The standard InChI is InChI=1S/C29H39N9O4.C26H37N9O3.C3H3ClO/c1-5-25(39)36-12-6-7-21(18-36)27(40)32-24-9-8-20(17-37(24)41)15-30-28-34-29(42-22-10-13-35(4)14-11-22)33-26-23(19(2)3)16-31-38(26)28;1-17(2)21-15-29-35-23(21)31-26(38-20-8-11-33(3)12-9-20)32-25(35)28-13-18-6-7-22(34(37)16-18)30-24(36)19-5-4-10-27-14-19;1-2-3(4)5/h5,8-9,16-17,19,21-22,41H,1,6-7,10-15,18H2,2-4H3,(H,30,33,34);6-7,15-17,19-20,27,37H,4-5,8-14H2,1-3H3,(H,28,31,32);2H,1H2. The molecule has 0 radical (unpaired) electrons. The number of carbonyl (C=O) groups is 4. The van der Waals surface area contributed by atoms with Gasteiger partial charge in [-0.05, 0) is 131 Å². The van der Waals surface area contributed by atoms with Crippen LogP contribution in [0.25, 0.3) is 11.3 Å². The highest BCUT2D eigenvalue weighted by Crippen LogP contribution is 2.27. The van der Waals surface area contributed by atoms with Crippen molar-refractivity contribution in [3.8, 4) is 12.0 Å². The maximum Gasteiger partial charge on any atom is 0.322 e. The van der Waals surface area contributed by atoms with E-state index in [9.17, 15) is 29.6 Å². The van der Waals surface area contributed by atoms with Crippen LogP contribution in [0.1, 0.15) is 113 Å². The number of fused-ring (bicyclic) bond motifs is 2. The molecule has 10 rings (SSSR count). The second-order valence-electron chi connectivity index (χ2n) is 22.3. The number of carbonyl (C=O) groups excluding carboxylic acids is 4. The molecule has 10 heterocycles. The van der Waals surface area contributed by atoms with Crippen LogP contribution >= 0.6 is 11.6 Å². The minimum absolute atomic E-state index is 0.0495. The average Bonchev–Trinajstić information content (AvgIpc) is 3.32. The molecule has 85 heavy (non-hydrogen) atoms. The number of pyridine rings is 2. The normalized spacial score (nSPS) is 18.6. The molecular weight excluding hydrogens is 1110 g/mol. The highest BCUT2D eigenvalue weighted by Gasteiger charge is 2.28. The van der Waals surface area contributed by atoms with Crippen LogP contribution in [0.4, 0.5) is 11.9 Å². The van der Waals surface area contributed by atoms with Crippen LogP contribution in [0.2, 0.25) is 0 Å². The molecule has 2 atom stereocenters. The highest BCUT2D eigenvalue weighted by atomic mass is 35.5. The monoisotopic (exact) mass is 1190 g/mol.